The van der Waals surface area contributed by atoms with Gasteiger partial charge >= 0.3 is 0 Å². The Morgan fingerprint density at radius 3 is 2.28 bits per heavy atom. The Morgan fingerprint density at radius 2 is 1.83 bits per heavy atom. The van der Waals surface area contributed by atoms with Gasteiger partial charge in [-0.05, 0) is 27.2 Å². The van der Waals surface area contributed by atoms with Crippen LogP contribution in [0.2, 0.25) is 0 Å². The molecule has 0 aromatic rings. The second-order valence-electron chi connectivity index (χ2n) is 5.00. The van der Waals surface area contributed by atoms with Gasteiger partial charge in [-0.25, -0.2) is 0 Å². The average molecular weight is 370 g/mol. The van der Waals surface area contributed by atoms with Gasteiger partial charge in [0.2, 0.25) is 5.91 Å². The van der Waals surface area contributed by atoms with Crippen molar-refractivity contribution in [3.05, 3.63) is 0 Å². The van der Waals surface area contributed by atoms with Crippen molar-refractivity contribution in [1.82, 2.24) is 16.0 Å². The third kappa shape index (κ3) is 11.9. The normalized spacial score (nSPS) is 11.5. The highest BCUT2D eigenvalue weighted by atomic mass is 127. The summed E-state index contributed by atoms with van der Waals surface area (Å²) < 4.78 is 0. The fraction of sp³-hybridized carbons (Fsp3) is 0.833. The summed E-state index contributed by atoms with van der Waals surface area (Å²) in [5.41, 5.74) is -0.197. The van der Waals surface area contributed by atoms with E-state index < -0.39 is 0 Å². The molecule has 0 aliphatic rings. The molecular weight excluding hydrogens is 343 g/mol. The van der Waals surface area contributed by atoms with Crippen molar-refractivity contribution in [2.24, 2.45) is 4.99 Å². The van der Waals surface area contributed by atoms with Gasteiger partial charge in [-0.3, -0.25) is 9.79 Å². The lowest BCUT2D eigenvalue weighted by Crippen LogP contribution is -2.48. The van der Waals surface area contributed by atoms with Crippen LogP contribution in [0.5, 0.6) is 0 Å². The van der Waals surface area contributed by atoms with Crippen molar-refractivity contribution in [3.8, 4) is 0 Å². The quantitative estimate of drug-likeness (QED) is 0.297. The highest BCUT2D eigenvalue weighted by Gasteiger charge is 2.13. The third-order valence-electron chi connectivity index (χ3n) is 1.98. The second kappa shape index (κ2) is 10.4. The Morgan fingerprint density at radius 1 is 1.22 bits per heavy atom. The number of carbonyl (C=O) groups is 1. The molecule has 3 N–H and O–H groups in total. The van der Waals surface area contributed by atoms with Crippen LogP contribution in [0, 0.1) is 0 Å². The van der Waals surface area contributed by atoms with Gasteiger partial charge < -0.3 is 16.0 Å². The molecule has 0 radical (unpaired) electrons. The van der Waals surface area contributed by atoms with E-state index in [4.69, 9.17) is 0 Å². The minimum atomic E-state index is -0.197. The van der Waals surface area contributed by atoms with E-state index in [2.05, 4.69) is 27.9 Å². The molecule has 0 bridgehead atoms. The highest BCUT2D eigenvalue weighted by Crippen LogP contribution is 1.96. The van der Waals surface area contributed by atoms with Crippen LogP contribution < -0.4 is 16.0 Å². The summed E-state index contributed by atoms with van der Waals surface area (Å²) in [6.07, 6.45) is 2.23. The number of guanidine groups is 1. The first kappa shape index (κ1) is 19.8. The smallest absolute Gasteiger partial charge is 0.239 e. The van der Waals surface area contributed by atoms with Crippen LogP contribution in [0.1, 0.15) is 40.5 Å². The number of hydrogen-bond acceptors (Lipinski definition) is 2. The lowest BCUT2D eigenvalue weighted by molar-refractivity contribution is -0.121. The Labute approximate surface area is 128 Å². The topological polar surface area (TPSA) is 65.5 Å². The first-order valence-electron chi connectivity index (χ1n) is 6.14. The summed E-state index contributed by atoms with van der Waals surface area (Å²) in [7, 11) is 1.70. The molecule has 0 saturated carbocycles. The number of nitrogens with one attached hydrogen (secondary N) is 3. The lowest BCUT2D eigenvalue weighted by Gasteiger charge is -2.21. The number of rotatable bonds is 5. The van der Waals surface area contributed by atoms with Crippen LogP contribution in [0.15, 0.2) is 4.99 Å². The molecule has 1 amide bonds. The number of unbranched alkanes of at least 4 members (excludes halogenated alkanes) is 1. The first-order chi connectivity index (χ1) is 7.89. The van der Waals surface area contributed by atoms with Crippen molar-refractivity contribution in [2.75, 3.05) is 20.1 Å². The maximum Gasteiger partial charge on any atom is 0.239 e. The molecule has 108 valence electrons. The second-order valence-corrected chi connectivity index (χ2v) is 5.00. The Balaban J connectivity index is 0. The fourth-order valence-electron chi connectivity index (χ4n) is 1.23. The zero-order valence-electron chi connectivity index (χ0n) is 12.1. The van der Waals surface area contributed by atoms with E-state index in [1.165, 1.54) is 0 Å². The van der Waals surface area contributed by atoms with E-state index in [1.54, 1.807) is 7.05 Å². The summed E-state index contributed by atoms with van der Waals surface area (Å²) in [5.74, 6) is 0.637. The van der Waals surface area contributed by atoms with Gasteiger partial charge in [0.1, 0.15) is 0 Å². The SMILES string of the molecule is CCCCNC(=NC)NCC(=O)NC(C)(C)C.I. The van der Waals surface area contributed by atoms with E-state index in [0.29, 0.717) is 5.96 Å². The van der Waals surface area contributed by atoms with E-state index >= 15 is 0 Å². The fourth-order valence-corrected chi connectivity index (χ4v) is 1.23. The molecule has 0 aromatic heterocycles. The average Bonchev–Trinajstić information content (AvgIpc) is 2.20. The molecule has 0 heterocycles. The summed E-state index contributed by atoms with van der Waals surface area (Å²) in [6.45, 7) is 9.12. The number of nitrogens with zero attached hydrogens (tertiary/aromatic N) is 1. The maximum absolute atomic E-state index is 11.6. The maximum atomic E-state index is 11.6. The number of halogens is 1. The molecular formula is C12H27IN4O. The number of aliphatic imine (C=N–C) groups is 1. The minimum absolute atomic E-state index is 0. The Bertz CT molecular complexity index is 261. The molecule has 0 spiro atoms. The molecule has 0 saturated heterocycles. The third-order valence-corrected chi connectivity index (χ3v) is 1.98. The number of amides is 1. The van der Waals surface area contributed by atoms with Crippen molar-refractivity contribution in [1.29, 1.82) is 0 Å². The van der Waals surface area contributed by atoms with E-state index in [9.17, 15) is 4.79 Å². The molecule has 0 unspecified atom stereocenters. The number of hydrogen-bond donors (Lipinski definition) is 3. The molecule has 0 atom stereocenters. The van der Waals surface area contributed by atoms with E-state index in [-0.39, 0.29) is 42.0 Å². The van der Waals surface area contributed by atoms with Crippen LogP contribution in [-0.2, 0) is 4.79 Å². The summed E-state index contributed by atoms with van der Waals surface area (Å²) in [5, 5.41) is 9.01. The largest absolute Gasteiger partial charge is 0.356 e. The summed E-state index contributed by atoms with van der Waals surface area (Å²) in [4.78, 5) is 15.6. The van der Waals surface area contributed by atoms with Gasteiger partial charge in [-0.15, -0.1) is 24.0 Å². The molecule has 0 aliphatic heterocycles. The van der Waals surface area contributed by atoms with Crippen LogP contribution >= 0.6 is 24.0 Å². The summed E-state index contributed by atoms with van der Waals surface area (Å²) >= 11 is 0. The Kier molecular flexibility index (Phi) is 11.4. The first-order valence-corrected chi connectivity index (χ1v) is 6.14. The van der Waals surface area contributed by atoms with Gasteiger partial charge in [-0.2, -0.15) is 0 Å². The van der Waals surface area contributed by atoms with Crippen LogP contribution in [0.4, 0.5) is 0 Å². The van der Waals surface area contributed by atoms with Gasteiger partial charge in [0.25, 0.3) is 0 Å². The van der Waals surface area contributed by atoms with Crippen LogP contribution in [0.3, 0.4) is 0 Å². The van der Waals surface area contributed by atoms with Crippen LogP contribution in [-0.4, -0.2) is 37.5 Å². The standard InChI is InChI=1S/C12H26N4O.HI/c1-6-7-8-14-11(13-5)15-9-10(17)16-12(2,3)4;/h6-9H2,1-5H3,(H,16,17)(H2,13,14,15);1H. The van der Waals surface area contributed by atoms with Crippen molar-refractivity contribution in [3.63, 3.8) is 0 Å². The van der Waals surface area contributed by atoms with Gasteiger partial charge in [0, 0.05) is 19.1 Å². The minimum Gasteiger partial charge on any atom is -0.356 e. The Hall–Kier alpha value is -0.530. The van der Waals surface area contributed by atoms with Crippen LogP contribution in [0.25, 0.3) is 0 Å². The summed E-state index contributed by atoms with van der Waals surface area (Å²) in [6, 6.07) is 0. The van der Waals surface area contributed by atoms with Gasteiger partial charge in [0.05, 0.1) is 6.54 Å². The molecule has 0 aliphatic carbocycles. The predicted molar refractivity (Wildman–Crippen MR) is 87.6 cm³/mol. The molecule has 0 fully saturated rings. The molecule has 0 aromatic carbocycles. The van der Waals surface area contributed by atoms with Gasteiger partial charge in [-0.1, -0.05) is 13.3 Å². The van der Waals surface area contributed by atoms with E-state index in [0.717, 1.165) is 19.4 Å². The predicted octanol–water partition coefficient (Wildman–Crippen LogP) is 1.48. The monoisotopic (exact) mass is 370 g/mol. The highest BCUT2D eigenvalue weighted by molar-refractivity contribution is 14.0. The van der Waals surface area contributed by atoms with Gasteiger partial charge in [0.15, 0.2) is 5.96 Å². The zero-order valence-corrected chi connectivity index (χ0v) is 14.4. The molecule has 6 heteroatoms. The molecule has 5 nitrogen and oxygen atoms in total. The molecule has 0 rings (SSSR count). The molecule has 18 heavy (non-hydrogen) atoms. The number of carbonyl (C=O) groups excluding carboxylic acids is 1. The zero-order chi connectivity index (χ0) is 13.3. The van der Waals surface area contributed by atoms with E-state index in [1.807, 2.05) is 20.8 Å². The van der Waals surface area contributed by atoms with Crippen molar-refractivity contribution >= 4 is 35.8 Å². The lowest BCUT2D eigenvalue weighted by atomic mass is 10.1. The van der Waals surface area contributed by atoms with Crippen molar-refractivity contribution < 1.29 is 4.79 Å². The van der Waals surface area contributed by atoms with Crippen molar-refractivity contribution in [2.45, 2.75) is 46.1 Å².